The predicted octanol–water partition coefficient (Wildman–Crippen LogP) is 4.28. The summed E-state index contributed by atoms with van der Waals surface area (Å²) in [5, 5.41) is 7.13. The van der Waals surface area contributed by atoms with E-state index in [2.05, 4.69) is 23.4 Å². The lowest BCUT2D eigenvalue weighted by atomic mass is 10.0. The smallest absolute Gasteiger partial charge is 0.0918 e. The second-order valence-electron chi connectivity index (χ2n) is 3.92. The van der Waals surface area contributed by atoms with Crippen molar-refractivity contribution < 1.29 is 4.74 Å². The van der Waals surface area contributed by atoms with Crippen LogP contribution in [0.4, 0.5) is 0 Å². The van der Waals surface area contributed by atoms with Gasteiger partial charge in [-0.25, -0.2) is 0 Å². The minimum atomic E-state index is 0.885. The van der Waals surface area contributed by atoms with Crippen LogP contribution >= 0.6 is 0 Å². The molecule has 0 aliphatic heterocycles. The first-order valence-corrected chi connectivity index (χ1v) is 6.30. The third-order valence-electron chi connectivity index (χ3n) is 2.54. The van der Waals surface area contributed by atoms with E-state index in [1.165, 1.54) is 0 Å². The minimum Gasteiger partial charge on any atom is -0.504 e. The molecule has 0 saturated heterocycles. The Kier molecular flexibility index (Phi) is 6.62. The summed E-state index contributed by atoms with van der Waals surface area (Å²) < 4.78 is 5.13. The third kappa shape index (κ3) is 3.99. The van der Waals surface area contributed by atoms with Gasteiger partial charge < -0.3 is 4.74 Å². The molecule has 0 fully saturated rings. The highest BCUT2D eigenvalue weighted by Gasteiger charge is 2.11. The molecule has 20 heavy (non-hydrogen) atoms. The van der Waals surface area contributed by atoms with E-state index in [0.717, 1.165) is 22.4 Å². The van der Waals surface area contributed by atoms with Gasteiger partial charge in [-0.05, 0) is 18.6 Å². The molecule has 0 radical (unpaired) electrons. The molecular weight excluding hydrogens is 248 g/mol. The van der Waals surface area contributed by atoms with Crippen LogP contribution in [0.3, 0.4) is 0 Å². The second kappa shape index (κ2) is 8.53. The molecule has 3 heteroatoms. The molecule has 1 N–H and O–H groups in total. The topological polar surface area (TPSA) is 37.9 Å². The number of aromatic nitrogens is 2. The number of H-pyrrole nitrogens is 1. The normalized spacial score (nSPS) is 13.1. The molecule has 0 aromatic carbocycles. The Bertz CT molecular complexity index is 572. The number of allylic oxidation sites excluding steroid dienone is 9. The zero-order valence-electron chi connectivity index (χ0n) is 12.0. The zero-order valence-corrected chi connectivity index (χ0v) is 12.0. The average Bonchev–Trinajstić information content (AvgIpc) is 2.92. The predicted molar refractivity (Wildman–Crippen MR) is 85.9 cm³/mol. The summed E-state index contributed by atoms with van der Waals surface area (Å²) in [4.78, 5) is 0. The van der Waals surface area contributed by atoms with Crippen LogP contribution in [-0.4, -0.2) is 17.3 Å². The van der Waals surface area contributed by atoms with Gasteiger partial charge in [-0.1, -0.05) is 49.6 Å². The van der Waals surface area contributed by atoms with E-state index in [9.17, 15) is 0 Å². The molecule has 0 saturated carbocycles. The van der Waals surface area contributed by atoms with Gasteiger partial charge in [0.2, 0.25) is 0 Å². The summed E-state index contributed by atoms with van der Waals surface area (Å²) in [6.07, 6.45) is 16.6. The highest BCUT2D eigenvalue weighted by molar-refractivity contribution is 5.85. The SMILES string of the molecule is C=C/C=C\C(=C/OC)c1[nH]ncc1C(/C=C\C)=C/C=C. The van der Waals surface area contributed by atoms with Crippen molar-refractivity contribution in [1.82, 2.24) is 10.2 Å². The second-order valence-corrected chi connectivity index (χ2v) is 3.92. The van der Waals surface area contributed by atoms with Crippen LogP contribution in [0.5, 0.6) is 0 Å². The summed E-state index contributed by atoms with van der Waals surface area (Å²) in [5.74, 6) is 0. The number of aromatic amines is 1. The van der Waals surface area contributed by atoms with Crippen LogP contribution < -0.4 is 0 Å². The molecule has 3 nitrogen and oxygen atoms in total. The fourth-order valence-electron chi connectivity index (χ4n) is 1.75. The molecule has 0 unspecified atom stereocenters. The van der Waals surface area contributed by atoms with Crippen LogP contribution in [0.15, 0.2) is 68.1 Å². The van der Waals surface area contributed by atoms with Gasteiger partial charge in [-0.2, -0.15) is 5.10 Å². The minimum absolute atomic E-state index is 0.885. The summed E-state index contributed by atoms with van der Waals surface area (Å²) in [7, 11) is 1.62. The molecule has 1 rings (SSSR count). The monoisotopic (exact) mass is 268 g/mol. The van der Waals surface area contributed by atoms with Gasteiger partial charge >= 0.3 is 0 Å². The Morgan fingerprint density at radius 3 is 2.65 bits per heavy atom. The number of rotatable bonds is 7. The zero-order chi connectivity index (χ0) is 14.8. The molecule has 1 aromatic heterocycles. The van der Waals surface area contributed by atoms with Crippen molar-refractivity contribution in [3.05, 3.63) is 79.4 Å². The first kappa shape index (κ1) is 15.5. The van der Waals surface area contributed by atoms with E-state index in [-0.39, 0.29) is 0 Å². The lowest BCUT2D eigenvalue weighted by molar-refractivity contribution is 0.340. The van der Waals surface area contributed by atoms with Crippen LogP contribution in [0.25, 0.3) is 11.1 Å². The number of ether oxygens (including phenoxy) is 1. The van der Waals surface area contributed by atoms with Crippen LogP contribution in [0.1, 0.15) is 18.2 Å². The van der Waals surface area contributed by atoms with Gasteiger partial charge in [0.25, 0.3) is 0 Å². The van der Waals surface area contributed by atoms with Crippen LogP contribution in [0.2, 0.25) is 0 Å². The lowest BCUT2D eigenvalue weighted by Crippen LogP contribution is -1.90. The van der Waals surface area contributed by atoms with Crippen molar-refractivity contribution in [2.24, 2.45) is 0 Å². The molecule has 0 atom stereocenters. The largest absolute Gasteiger partial charge is 0.504 e. The van der Waals surface area contributed by atoms with Crippen molar-refractivity contribution in [1.29, 1.82) is 0 Å². The average molecular weight is 268 g/mol. The Morgan fingerprint density at radius 2 is 2.05 bits per heavy atom. The number of methoxy groups -OCH3 is 1. The lowest BCUT2D eigenvalue weighted by Gasteiger charge is -2.05. The molecule has 0 amide bonds. The molecular formula is C17H20N2O. The fraction of sp³-hybridized carbons (Fsp3) is 0.118. The molecule has 0 bridgehead atoms. The fourth-order valence-corrected chi connectivity index (χ4v) is 1.75. The van der Waals surface area contributed by atoms with Gasteiger partial charge in [-0.15, -0.1) is 0 Å². The van der Waals surface area contributed by atoms with Gasteiger partial charge in [-0.3, -0.25) is 5.10 Å². The van der Waals surface area contributed by atoms with E-state index < -0.39 is 0 Å². The summed E-state index contributed by atoms with van der Waals surface area (Å²) in [5.41, 5.74) is 3.79. The van der Waals surface area contributed by atoms with Crippen molar-refractivity contribution in [3.8, 4) is 0 Å². The van der Waals surface area contributed by atoms with Gasteiger partial charge in [0.05, 0.1) is 25.3 Å². The maximum atomic E-state index is 5.13. The van der Waals surface area contributed by atoms with Gasteiger partial charge in [0, 0.05) is 11.1 Å². The molecule has 1 aromatic rings. The molecule has 0 spiro atoms. The maximum Gasteiger partial charge on any atom is 0.0918 e. The quantitative estimate of drug-likeness (QED) is 0.592. The van der Waals surface area contributed by atoms with E-state index in [0.29, 0.717) is 0 Å². The molecule has 0 aliphatic rings. The number of hydrogen-bond donors (Lipinski definition) is 1. The van der Waals surface area contributed by atoms with Crippen molar-refractivity contribution in [2.75, 3.05) is 7.11 Å². The first-order valence-electron chi connectivity index (χ1n) is 6.30. The summed E-state index contributed by atoms with van der Waals surface area (Å²) >= 11 is 0. The Morgan fingerprint density at radius 1 is 1.25 bits per heavy atom. The summed E-state index contributed by atoms with van der Waals surface area (Å²) in [6, 6.07) is 0. The van der Waals surface area contributed by atoms with E-state index in [4.69, 9.17) is 4.74 Å². The first-order chi connectivity index (χ1) is 9.78. The van der Waals surface area contributed by atoms with E-state index in [1.54, 1.807) is 31.7 Å². The van der Waals surface area contributed by atoms with Crippen molar-refractivity contribution >= 4 is 11.1 Å². The number of nitrogens with one attached hydrogen (secondary N) is 1. The third-order valence-corrected chi connectivity index (χ3v) is 2.54. The maximum absolute atomic E-state index is 5.13. The number of hydrogen-bond acceptors (Lipinski definition) is 2. The van der Waals surface area contributed by atoms with Crippen LogP contribution in [0, 0.1) is 0 Å². The van der Waals surface area contributed by atoms with Gasteiger partial charge in [0.15, 0.2) is 0 Å². The van der Waals surface area contributed by atoms with E-state index in [1.807, 2.05) is 37.3 Å². The Hall–Kier alpha value is -2.55. The number of nitrogens with zero attached hydrogens (tertiary/aromatic N) is 1. The Labute approximate surface area is 120 Å². The van der Waals surface area contributed by atoms with Crippen molar-refractivity contribution in [2.45, 2.75) is 6.92 Å². The highest BCUT2D eigenvalue weighted by Crippen LogP contribution is 2.25. The molecule has 104 valence electrons. The van der Waals surface area contributed by atoms with E-state index >= 15 is 0 Å². The van der Waals surface area contributed by atoms with Crippen LogP contribution in [-0.2, 0) is 4.74 Å². The Balaban J connectivity index is 3.33. The standard InChI is InChI=1S/C17H20N2O/c1-5-8-11-15(13-20-4)17-16(12-18-19-17)14(9-6-2)10-7-3/h5-13H,1-2H2,3-4H3,(H,18,19)/b10-7-,11-8-,14-9+,15-13+. The highest BCUT2D eigenvalue weighted by atomic mass is 16.5. The summed E-state index contributed by atoms with van der Waals surface area (Å²) in [6.45, 7) is 9.39. The van der Waals surface area contributed by atoms with Crippen molar-refractivity contribution in [3.63, 3.8) is 0 Å². The van der Waals surface area contributed by atoms with Gasteiger partial charge in [0.1, 0.15) is 0 Å². The molecule has 1 heterocycles. The molecule has 0 aliphatic carbocycles.